The van der Waals surface area contributed by atoms with Crippen molar-refractivity contribution in [3.63, 3.8) is 0 Å². The van der Waals surface area contributed by atoms with Gasteiger partial charge in [0.05, 0.1) is 23.4 Å². The first kappa shape index (κ1) is 20.6. The first-order chi connectivity index (χ1) is 14.3. The molecule has 0 radical (unpaired) electrons. The number of imidazole rings is 1. The number of hydrogen-bond acceptors (Lipinski definition) is 4. The van der Waals surface area contributed by atoms with Crippen LogP contribution in [0.1, 0.15) is 22.5 Å². The molecule has 1 N–H and O–H groups in total. The van der Waals surface area contributed by atoms with Crippen LogP contribution in [0.4, 0.5) is 13.2 Å². The number of hydrogen-bond donors (Lipinski definition) is 1. The topological polar surface area (TPSA) is 61.3 Å². The minimum Gasteiger partial charge on any atom is -0.309 e. The minimum absolute atomic E-state index is 0.0206. The molecule has 1 aromatic carbocycles. The van der Waals surface area contributed by atoms with E-state index in [-0.39, 0.29) is 17.9 Å². The number of nitrogens with one attached hydrogen (secondary N) is 1. The Morgan fingerprint density at radius 2 is 1.70 bits per heavy atom. The lowest BCUT2D eigenvalue weighted by atomic mass is 10.1. The highest BCUT2D eigenvalue weighted by atomic mass is 19.4. The summed E-state index contributed by atoms with van der Waals surface area (Å²) in [5, 5.41) is 0. The molecular formula is C21H23F3N4O2. The van der Waals surface area contributed by atoms with Crippen molar-refractivity contribution in [3.8, 4) is 0 Å². The number of fused-ring (bicyclic) bond motifs is 1. The number of alkyl halides is 3. The summed E-state index contributed by atoms with van der Waals surface area (Å²) in [6, 6.07) is 5.48. The average Bonchev–Trinajstić information content (AvgIpc) is 3.01. The van der Waals surface area contributed by atoms with Crippen LogP contribution in [0.5, 0.6) is 0 Å². The van der Waals surface area contributed by atoms with Crippen molar-refractivity contribution in [3.05, 3.63) is 63.3 Å². The van der Waals surface area contributed by atoms with Crippen molar-refractivity contribution in [2.75, 3.05) is 32.7 Å². The molecule has 1 fully saturated rings. The summed E-state index contributed by atoms with van der Waals surface area (Å²) in [5.74, 6) is -0.0206. The van der Waals surface area contributed by atoms with Gasteiger partial charge in [0, 0.05) is 45.8 Å². The summed E-state index contributed by atoms with van der Waals surface area (Å²) in [4.78, 5) is 30.8. The summed E-state index contributed by atoms with van der Waals surface area (Å²) in [7, 11) is 0. The number of ketones is 1. The summed E-state index contributed by atoms with van der Waals surface area (Å²) >= 11 is 0. The van der Waals surface area contributed by atoms with Crippen molar-refractivity contribution in [1.29, 1.82) is 0 Å². The zero-order chi connectivity index (χ0) is 21.3. The lowest BCUT2D eigenvalue weighted by Crippen LogP contribution is -2.47. The predicted molar refractivity (Wildman–Crippen MR) is 106 cm³/mol. The number of carbonyl (C=O) groups excluding carboxylic acids is 1. The number of allylic oxidation sites excluding steroid dienone is 1. The molecule has 2 aromatic rings. The normalized spacial score (nSPS) is 18.0. The number of halogens is 3. The van der Waals surface area contributed by atoms with E-state index in [1.54, 1.807) is 16.7 Å². The molecule has 2 aliphatic rings. The third-order valence-electron chi connectivity index (χ3n) is 5.65. The van der Waals surface area contributed by atoms with E-state index in [1.165, 1.54) is 18.2 Å². The molecule has 0 spiro atoms. The van der Waals surface area contributed by atoms with Crippen LogP contribution in [0.3, 0.4) is 0 Å². The zero-order valence-corrected chi connectivity index (χ0v) is 16.4. The maximum Gasteiger partial charge on any atom is 0.416 e. The van der Waals surface area contributed by atoms with Gasteiger partial charge in [0.2, 0.25) is 0 Å². The standard InChI is InChI=1S/C21H23F3N4O2/c22-21(23,24)16-3-1-2-15(12-16)14-27-8-6-26(7-9-27)10-11-28-19-5-4-17(29)13-18(19)25-20(28)30/h1-5,12H,6-11,13-14H2,(H,25,30). The molecule has 1 aromatic heterocycles. The van der Waals surface area contributed by atoms with Gasteiger partial charge in [-0.3, -0.25) is 19.2 Å². The van der Waals surface area contributed by atoms with Gasteiger partial charge >= 0.3 is 11.9 Å². The number of piperazine rings is 1. The van der Waals surface area contributed by atoms with Gasteiger partial charge in [-0.25, -0.2) is 4.79 Å². The van der Waals surface area contributed by atoms with E-state index in [1.807, 2.05) is 0 Å². The molecule has 30 heavy (non-hydrogen) atoms. The molecule has 1 aliphatic carbocycles. The van der Waals surface area contributed by atoms with Crippen LogP contribution in [0.15, 0.2) is 35.1 Å². The second-order valence-corrected chi connectivity index (χ2v) is 7.74. The molecule has 9 heteroatoms. The van der Waals surface area contributed by atoms with Crippen LogP contribution in [0.25, 0.3) is 6.08 Å². The fourth-order valence-corrected chi connectivity index (χ4v) is 4.00. The molecule has 0 unspecified atom stereocenters. The molecule has 4 rings (SSSR count). The Bertz CT molecular complexity index is 1010. The molecule has 1 aliphatic heterocycles. The Morgan fingerprint density at radius 3 is 2.43 bits per heavy atom. The van der Waals surface area contributed by atoms with Crippen LogP contribution in [-0.4, -0.2) is 57.9 Å². The highest BCUT2D eigenvalue weighted by Crippen LogP contribution is 2.29. The summed E-state index contributed by atoms with van der Waals surface area (Å²) in [6.45, 7) is 4.79. The third kappa shape index (κ3) is 4.57. The molecule has 160 valence electrons. The Morgan fingerprint density at radius 1 is 0.967 bits per heavy atom. The van der Waals surface area contributed by atoms with Crippen LogP contribution < -0.4 is 5.69 Å². The quantitative estimate of drug-likeness (QED) is 0.806. The largest absolute Gasteiger partial charge is 0.416 e. The molecule has 0 amide bonds. The van der Waals surface area contributed by atoms with Gasteiger partial charge in [-0.1, -0.05) is 18.2 Å². The van der Waals surface area contributed by atoms with E-state index in [2.05, 4.69) is 14.8 Å². The molecule has 2 heterocycles. The summed E-state index contributed by atoms with van der Waals surface area (Å²) in [6.07, 6.45) is -0.917. The van der Waals surface area contributed by atoms with Crippen LogP contribution >= 0.6 is 0 Å². The number of benzene rings is 1. The summed E-state index contributed by atoms with van der Waals surface area (Å²) < 4.78 is 40.3. The first-order valence-corrected chi connectivity index (χ1v) is 9.93. The molecule has 0 bridgehead atoms. The smallest absolute Gasteiger partial charge is 0.309 e. The maximum atomic E-state index is 12.9. The fourth-order valence-electron chi connectivity index (χ4n) is 4.00. The Labute approximate surface area is 171 Å². The number of carbonyl (C=O) groups is 1. The first-order valence-electron chi connectivity index (χ1n) is 9.93. The van der Waals surface area contributed by atoms with Crippen molar-refractivity contribution < 1.29 is 18.0 Å². The minimum atomic E-state index is -4.33. The average molecular weight is 420 g/mol. The fraction of sp³-hybridized carbons (Fsp3) is 0.429. The van der Waals surface area contributed by atoms with Crippen LogP contribution in [-0.2, 0) is 30.5 Å². The van der Waals surface area contributed by atoms with E-state index in [0.29, 0.717) is 30.9 Å². The predicted octanol–water partition coefficient (Wildman–Crippen LogP) is 2.15. The number of aromatic amines is 1. The number of nitrogens with zero attached hydrogens (tertiary/aromatic N) is 3. The van der Waals surface area contributed by atoms with Crippen molar-refractivity contribution in [2.45, 2.75) is 25.7 Å². The third-order valence-corrected chi connectivity index (χ3v) is 5.65. The van der Waals surface area contributed by atoms with Gasteiger partial charge in [-0.2, -0.15) is 13.2 Å². The Kier molecular flexibility index (Phi) is 5.66. The maximum absolute atomic E-state index is 12.9. The highest BCUT2D eigenvalue weighted by molar-refractivity contribution is 5.97. The van der Waals surface area contributed by atoms with Crippen molar-refractivity contribution >= 4 is 11.9 Å². The number of aromatic nitrogens is 2. The molecule has 0 atom stereocenters. The highest BCUT2D eigenvalue weighted by Gasteiger charge is 2.30. The van der Waals surface area contributed by atoms with Crippen molar-refractivity contribution in [2.24, 2.45) is 0 Å². The molecular weight excluding hydrogens is 397 g/mol. The second kappa shape index (κ2) is 8.23. The van der Waals surface area contributed by atoms with E-state index in [4.69, 9.17) is 0 Å². The van der Waals surface area contributed by atoms with E-state index < -0.39 is 11.7 Å². The van der Waals surface area contributed by atoms with E-state index >= 15 is 0 Å². The second-order valence-electron chi connectivity index (χ2n) is 7.74. The van der Waals surface area contributed by atoms with Gasteiger partial charge < -0.3 is 4.98 Å². The van der Waals surface area contributed by atoms with Crippen molar-refractivity contribution in [1.82, 2.24) is 19.4 Å². The van der Waals surface area contributed by atoms with Gasteiger partial charge in [-0.05, 0) is 23.8 Å². The molecule has 0 saturated carbocycles. The lowest BCUT2D eigenvalue weighted by molar-refractivity contribution is -0.137. The van der Waals surface area contributed by atoms with Gasteiger partial charge in [0.1, 0.15) is 0 Å². The monoisotopic (exact) mass is 420 g/mol. The number of rotatable bonds is 5. The Hall–Kier alpha value is -2.65. The van der Waals surface area contributed by atoms with Crippen LogP contribution in [0, 0.1) is 0 Å². The van der Waals surface area contributed by atoms with Crippen LogP contribution in [0.2, 0.25) is 0 Å². The molecule has 6 nitrogen and oxygen atoms in total. The van der Waals surface area contributed by atoms with Gasteiger partial charge in [-0.15, -0.1) is 0 Å². The van der Waals surface area contributed by atoms with Gasteiger partial charge in [0.25, 0.3) is 0 Å². The van der Waals surface area contributed by atoms with E-state index in [0.717, 1.165) is 37.9 Å². The molecule has 1 saturated heterocycles. The lowest BCUT2D eigenvalue weighted by Gasteiger charge is -2.34. The zero-order valence-electron chi connectivity index (χ0n) is 16.4. The SMILES string of the molecule is O=C1C=Cc2c([nH]c(=O)n2CCN2CCN(Cc3cccc(C(F)(F)F)c3)CC2)C1. The van der Waals surface area contributed by atoms with E-state index in [9.17, 15) is 22.8 Å². The van der Waals surface area contributed by atoms with Gasteiger partial charge in [0.15, 0.2) is 5.78 Å². The summed E-state index contributed by atoms with van der Waals surface area (Å²) in [5.41, 5.74) is 1.27. The Balaban J connectivity index is 1.30. The number of H-pyrrole nitrogens is 1.